The van der Waals surface area contributed by atoms with Crippen molar-refractivity contribution in [2.24, 2.45) is 5.92 Å². The minimum atomic E-state index is 0.141. The molecule has 0 bridgehead atoms. The predicted molar refractivity (Wildman–Crippen MR) is 89.0 cm³/mol. The first kappa shape index (κ1) is 16.8. The fourth-order valence-electron chi connectivity index (χ4n) is 3.01. The molecular weight excluding hydrogens is 276 g/mol. The Bertz CT molecular complexity index is 482. The molecule has 1 saturated heterocycles. The maximum atomic E-state index is 12.0. The van der Waals surface area contributed by atoms with Gasteiger partial charge in [-0.25, -0.2) is 0 Å². The van der Waals surface area contributed by atoms with Crippen LogP contribution in [-0.2, 0) is 4.79 Å². The second-order valence-electron chi connectivity index (χ2n) is 6.44. The highest BCUT2D eigenvalue weighted by atomic mass is 16.5. The van der Waals surface area contributed by atoms with Crippen LogP contribution in [0.4, 0.5) is 0 Å². The van der Waals surface area contributed by atoms with Gasteiger partial charge < -0.3 is 10.1 Å². The van der Waals surface area contributed by atoms with Crippen molar-refractivity contribution in [3.63, 3.8) is 0 Å². The van der Waals surface area contributed by atoms with E-state index in [1.807, 2.05) is 12.1 Å². The molecule has 1 fully saturated rings. The molecule has 4 heteroatoms. The lowest BCUT2D eigenvalue weighted by atomic mass is 10.0. The summed E-state index contributed by atoms with van der Waals surface area (Å²) in [5.41, 5.74) is 1.21. The predicted octanol–water partition coefficient (Wildman–Crippen LogP) is 2.99. The van der Waals surface area contributed by atoms with E-state index in [4.69, 9.17) is 4.74 Å². The molecule has 1 N–H and O–H groups in total. The molecule has 1 atom stereocenters. The normalized spacial score (nSPS) is 16.7. The van der Waals surface area contributed by atoms with Crippen LogP contribution in [0.15, 0.2) is 24.3 Å². The van der Waals surface area contributed by atoms with Gasteiger partial charge in [0.1, 0.15) is 5.75 Å². The van der Waals surface area contributed by atoms with Crippen molar-refractivity contribution in [1.29, 1.82) is 0 Å². The molecule has 2 rings (SSSR count). The number of benzene rings is 1. The maximum absolute atomic E-state index is 12.0. The zero-order chi connectivity index (χ0) is 15.9. The Morgan fingerprint density at radius 2 is 2.05 bits per heavy atom. The Kier molecular flexibility index (Phi) is 6.25. The summed E-state index contributed by atoms with van der Waals surface area (Å²) < 4.78 is 5.34. The van der Waals surface area contributed by atoms with Crippen LogP contribution in [0.3, 0.4) is 0 Å². The standard InChI is InChI=1S/C18H28N2O2/c1-14(2)11-18(21)19-13-17(20-9-4-5-10-20)15-7-6-8-16(12-15)22-3/h6-8,12,14,17H,4-5,9-11,13H2,1-3H3,(H,19,21). The average Bonchev–Trinajstić information content (AvgIpc) is 3.01. The molecule has 1 aromatic carbocycles. The molecular formula is C18H28N2O2. The van der Waals surface area contributed by atoms with Gasteiger partial charge in [-0.15, -0.1) is 0 Å². The SMILES string of the molecule is COc1cccc(C(CNC(=O)CC(C)C)N2CCCC2)c1. The van der Waals surface area contributed by atoms with Crippen molar-refractivity contribution in [3.05, 3.63) is 29.8 Å². The lowest BCUT2D eigenvalue weighted by molar-refractivity contribution is -0.122. The number of hydrogen-bond donors (Lipinski definition) is 1. The van der Waals surface area contributed by atoms with E-state index in [0.29, 0.717) is 18.9 Å². The molecule has 0 aliphatic carbocycles. The molecule has 1 amide bonds. The van der Waals surface area contributed by atoms with Gasteiger partial charge in [0, 0.05) is 13.0 Å². The Morgan fingerprint density at radius 3 is 2.68 bits per heavy atom. The quantitative estimate of drug-likeness (QED) is 0.842. The van der Waals surface area contributed by atoms with Gasteiger partial charge in [0.15, 0.2) is 0 Å². The van der Waals surface area contributed by atoms with Crippen LogP contribution in [-0.4, -0.2) is 37.6 Å². The Morgan fingerprint density at radius 1 is 1.32 bits per heavy atom. The summed E-state index contributed by atoms with van der Waals surface area (Å²) in [6.45, 7) is 7.00. The van der Waals surface area contributed by atoms with E-state index in [1.165, 1.54) is 18.4 Å². The number of amides is 1. The van der Waals surface area contributed by atoms with Gasteiger partial charge in [-0.05, 0) is 49.5 Å². The number of carbonyl (C=O) groups is 1. The first-order chi connectivity index (χ1) is 10.6. The molecule has 0 aromatic heterocycles. The van der Waals surface area contributed by atoms with Gasteiger partial charge in [-0.3, -0.25) is 9.69 Å². The number of carbonyl (C=O) groups excluding carboxylic acids is 1. The van der Waals surface area contributed by atoms with E-state index in [2.05, 4.69) is 36.2 Å². The van der Waals surface area contributed by atoms with Crippen molar-refractivity contribution in [2.45, 2.75) is 39.2 Å². The van der Waals surface area contributed by atoms with Crippen molar-refractivity contribution in [3.8, 4) is 5.75 Å². The summed E-state index contributed by atoms with van der Waals surface area (Å²) in [5.74, 6) is 1.40. The topological polar surface area (TPSA) is 41.6 Å². The summed E-state index contributed by atoms with van der Waals surface area (Å²) in [6, 6.07) is 8.42. The second-order valence-corrected chi connectivity index (χ2v) is 6.44. The van der Waals surface area contributed by atoms with E-state index in [0.717, 1.165) is 18.8 Å². The molecule has 4 nitrogen and oxygen atoms in total. The molecule has 0 radical (unpaired) electrons. The van der Waals surface area contributed by atoms with Crippen LogP contribution in [0.1, 0.15) is 44.7 Å². The van der Waals surface area contributed by atoms with E-state index >= 15 is 0 Å². The van der Waals surface area contributed by atoms with Crippen molar-refractivity contribution < 1.29 is 9.53 Å². The summed E-state index contributed by atoms with van der Waals surface area (Å²) >= 11 is 0. The fourth-order valence-corrected chi connectivity index (χ4v) is 3.01. The number of hydrogen-bond acceptors (Lipinski definition) is 3. The summed E-state index contributed by atoms with van der Waals surface area (Å²) in [5, 5.41) is 3.11. The van der Waals surface area contributed by atoms with Gasteiger partial charge in [0.05, 0.1) is 13.2 Å². The van der Waals surface area contributed by atoms with Crippen molar-refractivity contribution >= 4 is 5.91 Å². The van der Waals surface area contributed by atoms with Gasteiger partial charge in [-0.1, -0.05) is 26.0 Å². The smallest absolute Gasteiger partial charge is 0.220 e. The summed E-state index contributed by atoms with van der Waals surface area (Å²) in [6.07, 6.45) is 3.06. The molecule has 1 heterocycles. The van der Waals surface area contributed by atoms with E-state index in [9.17, 15) is 4.79 Å². The third-order valence-corrected chi connectivity index (χ3v) is 4.15. The van der Waals surface area contributed by atoms with Gasteiger partial charge in [0.2, 0.25) is 5.91 Å². The average molecular weight is 304 g/mol. The lowest BCUT2D eigenvalue weighted by Gasteiger charge is -2.28. The van der Waals surface area contributed by atoms with Crippen LogP contribution in [0.25, 0.3) is 0 Å². The largest absolute Gasteiger partial charge is 0.497 e. The van der Waals surface area contributed by atoms with Crippen molar-refractivity contribution in [2.75, 3.05) is 26.7 Å². The van der Waals surface area contributed by atoms with Crippen LogP contribution in [0.2, 0.25) is 0 Å². The first-order valence-electron chi connectivity index (χ1n) is 8.25. The number of ether oxygens (including phenoxy) is 1. The third kappa shape index (κ3) is 4.73. The first-order valence-corrected chi connectivity index (χ1v) is 8.25. The zero-order valence-electron chi connectivity index (χ0n) is 14.0. The molecule has 22 heavy (non-hydrogen) atoms. The number of nitrogens with one attached hydrogen (secondary N) is 1. The number of nitrogens with zero attached hydrogens (tertiary/aromatic N) is 1. The zero-order valence-corrected chi connectivity index (χ0v) is 14.0. The Labute approximate surface area is 133 Å². The van der Waals surface area contributed by atoms with Gasteiger partial charge in [-0.2, -0.15) is 0 Å². The maximum Gasteiger partial charge on any atom is 0.220 e. The minimum absolute atomic E-state index is 0.141. The number of likely N-dealkylation sites (tertiary alicyclic amines) is 1. The summed E-state index contributed by atoms with van der Waals surface area (Å²) in [7, 11) is 1.69. The number of methoxy groups -OCH3 is 1. The van der Waals surface area contributed by atoms with E-state index in [1.54, 1.807) is 7.11 Å². The Hall–Kier alpha value is -1.55. The minimum Gasteiger partial charge on any atom is -0.497 e. The molecule has 122 valence electrons. The van der Waals surface area contributed by atoms with E-state index < -0.39 is 0 Å². The summed E-state index contributed by atoms with van der Waals surface area (Å²) in [4.78, 5) is 14.4. The van der Waals surface area contributed by atoms with Gasteiger partial charge in [0.25, 0.3) is 0 Å². The highest BCUT2D eigenvalue weighted by Crippen LogP contribution is 2.27. The van der Waals surface area contributed by atoms with E-state index in [-0.39, 0.29) is 11.9 Å². The highest BCUT2D eigenvalue weighted by molar-refractivity contribution is 5.76. The third-order valence-electron chi connectivity index (χ3n) is 4.15. The molecule has 1 unspecified atom stereocenters. The Balaban J connectivity index is 2.07. The highest BCUT2D eigenvalue weighted by Gasteiger charge is 2.24. The molecule has 1 aliphatic rings. The lowest BCUT2D eigenvalue weighted by Crippen LogP contribution is -2.37. The van der Waals surface area contributed by atoms with Crippen LogP contribution >= 0.6 is 0 Å². The van der Waals surface area contributed by atoms with Crippen LogP contribution in [0, 0.1) is 5.92 Å². The van der Waals surface area contributed by atoms with Crippen molar-refractivity contribution in [1.82, 2.24) is 10.2 Å². The number of rotatable bonds is 7. The molecule has 0 saturated carbocycles. The fraction of sp³-hybridized carbons (Fsp3) is 0.611. The molecule has 1 aromatic rings. The monoisotopic (exact) mass is 304 g/mol. The van der Waals surface area contributed by atoms with Crippen LogP contribution < -0.4 is 10.1 Å². The van der Waals surface area contributed by atoms with Gasteiger partial charge >= 0.3 is 0 Å². The molecule has 1 aliphatic heterocycles. The van der Waals surface area contributed by atoms with Crippen LogP contribution in [0.5, 0.6) is 5.75 Å². The second kappa shape index (κ2) is 8.18. The molecule has 0 spiro atoms.